The van der Waals surface area contributed by atoms with Crippen LogP contribution in [0.25, 0.3) is 11.3 Å². The van der Waals surface area contributed by atoms with Crippen LogP contribution >= 0.6 is 23.7 Å². The van der Waals surface area contributed by atoms with Crippen molar-refractivity contribution in [2.45, 2.75) is 19.8 Å². The second kappa shape index (κ2) is 8.46. The molecule has 1 aliphatic rings. The fraction of sp³-hybridized carbons (Fsp3) is 0.412. The number of amides is 1. The van der Waals surface area contributed by atoms with Gasteiger partial charge in [0.15, 0.2) is 5.13 Å². The molecule has 1 aromatic heterocycles. The van der Waals surface area contributed by atoms with Gasteiger partial charge in [0.2, 0.25) is 5.91 Å². The van der Waals surface area contributed by atoms with Crippen LogP contribution < -0.4 is 15.4 Å². The number of hydrogen-bond acceptors (Lipinski definition) is 5. The molecule has 0 atom stereocenters. The van der Waals surface area contributed by atoms with E-state index in [2.05, 4.69) is 15.6 Å². The van der Waals surface area contributed by atoms with Crippen molar-refractivity contribution in [3.63, 3.8) is 0 Å². The zero-order valence-corrected chi connectivity index (χ0v) is 15.4. The van der Waals surface area contributed by atoms with Gasteiger partial charge < -0.3 is 15.4 Å². The Balaban J connectivity index is 0.00000208. The maximum atomic E-state index is 12.3. The predicted octanol–water partition coefficient (Wildman–Crippen LogP) is 3.49. The van der Waals surface area contributed by atoms with E-state index in [-0.39, 0.29) is 24.2 Å². The molecule has 1 fully saturated rings. The molecule has 1 saturated heterocycles. The highest BCUT2D eigenvalue weighted by atomic mass is 35.5. The molecule has 2 N–H and O–H groups in total. The van der Waals surface area contributed by atoms with E-state index in [1.165, 1.54) is 11.3 Å². The highest BCUT2D eigenvalue weighted by molar-refractivity contribution is 7.16. The molecule has 0 saturated carbocycles. The molecule has 2 heterocycles. The quantitative estimate of drug-likeness (QED) is 0.868. The van der Waals surface area contributed by atoms with Gasteiger partial charge in [-0.25, -0.2) is 4.98 Å². The summed E-state index contributed by atoms with van der Waals surface area (Å²) in [6.07, 6.45) is 1.78. The van der Waals surface area contributed by atoms with Gasteiger partial charge >= 0.3 is 0 Å². The maximum Gasteiger partial charge on any atom is 0.229 e. The number of aromatic nitrogens is 1. The molecule has 7 heteroatoms. The number of piperidine rings is 1. The number of carbonyl (C=O) groups is 1. The van der Waals surface area contributed by atoms with E-state index in [1.807, 2.05) is 31.2 Å². The fourth-order valence-corrected chi connectivity index (χ4v) is 3.60. The van der Waals surface area contributed by atoms with E-state index >= 15 is 0 Å². The molecule has 0 unspecified atom stereocenters. The van der Waals surface area contributed by atoms with Gasteiger partial charge in [0.1, 0.15) is 5.75 Å². The number of rotatable bonds is 4. The Morgan fingerprint density at radius 1 is 1.29 bits per heavy atom. The minimum Gasteiger partial charge on any atom is -0.497 e. The standard InChI is InChI=1S/C17H21N3O2S.ClH/c1-11-15(12-3-5-14(22-2)6-4-12)19-17(23-11)20-16(21)13-7-9-18-10-8-13;/h3-6,13,18H,7-10H2,1-2H3,(H,19,20,21);1H. The molecule has 5 nitrogen and oxygen atoms in total. The van der Waals surface area contributed by atoms with Crippen LogP contribution in [0.2, 0.25) is 0 Å². The number of carbonyl (C=O) groups excluding carboxylic acids is 1. The number of ether oxygens (including phenoxy) is 1. The molecule has 0 radical (unpaired) electrons. The summed E-state index contributed by atoms with van der Waals surface area (Å²) in [7, 11) is 1.65. The topological polar surface area (TPSA) is 63.2 Å². The summed E-state index contributed by atoms with van der Waals surface area (Å²) < 4.78 is 5.18. The van der Waals surface area contributed by atoms with E-state index in [1.54, 1.807) is 7.11 Å². The smallest absolute Gasteiger partial charge is 0.229 e. The Kier molecular flexibility index (Phi) is 6.60. The lowest BCUT2D eigenvalue weighted by Gasteiger charge is -2.21. The van der Waals surface area contributed by atoms with Crippen LogP contribution in [0.1, 0.15) is 17.7 Å². The van der Waals surface area contributed by atoms with Crippen molar-refractivity contribution in [1.82, 2.24) is 10.3 Å². The van der Waals surface area contributed by atoms with Crippen LogP contribution in [0.3, 0.4) is 0 Å². The van der Waals surface area contributed by atoms with Gasteiger partial charge in [-0.05, 0) is 57.1 Å². The summed E-state index contributed by atoms with van der Waals surface area (Å²) in [6, 6.07) is 7.81. The first kappa shape index (κ1) is 18.7. The summed E-state index contributed by atoms with van der Waals surface area (Å²) in [5, 5.41) is 6.93. The van der Waals surface area contributed by atoms with Crippen LogP contribution in [0.15, 0.2) is 24.3 Å². The molecular formula is C17H22ClN3O2S. The summed E-state index contributed by atoms with van der Waals surface area (Å²) in [4.78, 5) is 18.0. The Morgan fingerprint density at radius 2 is 1.96 bits per heavy atom. The monoisotopic (exact) mass is 367 g/mol. The first-order valence-electron chi connectivity index (χ1n) is 7.81. The third kappa shape index (κ3) is 4.26. The number of hydrogen-bond donors (Lipinski definition) is 2. The number of thiazole rings is 1. The van der Waals surface area contributed by atoms with E-state index < -0.39 is 0 Å². The number of methoxy groups -OCH3 is 1. The van der Waals surface area contributed by atoms with Gasteiger partial charge in [0, 0.05) is 16.4 Å². The summed E-state index contributed by atoms with van der Waals surface area (Å²) >= 11 is 1.52. The first-order chi connectivity index (χ1) is 11.2. The minimum absolute atomic E-state index is 0. The Morgan fingerprint density at radius 3 is 2.58 bits per heavy atom. The average Bonchev–Trinajstić information content (AvgIpc) is 2.96. The van der Waals surface area contributed by atoms with Crippen LogP contribution in [0.4, 0.5) is 5.13 Å². The lowest BCUT2D eigenvalue weighted by atomic mass is 9.97. The van der Waals surface area contributed by atoms with Crippen molar-refractivity contribution in [3.8, 4) is 17.0 Å². The van der Waals surface area contributed by atoms with Crippen molar-refractivity contribution in [3.05, 3.63) is 29.1 Å². The van der Waals surface area contributed by atoms with Crippen molar-refractivity contribution in [2.75, 3.05) is 25.5 Å². The number of aryl methyl sites for hydroxylation is 1. The molecular weight excluding hydrogens is 346 g/mol. The number of nitrogens with zero attached hydrogens (tertiary/aromatic N) is 1. The predicted molar refractivity (Wildman–Crippen MR) is 100 cm³/mol. The third-order valence-corrected chi connectivity index (χ3v) is 4.99. The normalized spacial score (nSPS) is 14.8. The van der Waals surface area contributed by atoms with Gasteiger partial charge in [-0.3, -0.25) is 4.79 Å². The van der Waals surface area contributed by atoms with Crippen molar-refractivity contribution < 1.29 is 9.53 Å². The second-order valence-corrected chi connectivity index (χ2v) is 6.87. The molecule has 24 heavy (non-hydrogen) atoms. The van der Waals surface area contributed by atoms with Gasteiger partial charge in [0.05, 0.1) is 12.8 Å². The largest absolute Gasteiger partial charge is 0.497 e. The molecule has 2 aromatic rings. The molecule has 1 aliphatic heterocycles. The molecule has 1 amide bonds. The van der Waals surface area contributed by atoms with Crippen LogP contribution in [-0.2, 0) is 4.79 Å². The average molecular weight is 368 g/mol. The zero-order valence-electron chi connectivity index (χ0n) is 13.8. The molecule has 0 bridgehead atoms. The van der Waals surface area contributed by atoms with Crippen molar-refractivity contribution in [2.24, 2.45) is 5.92 Å². The SMILES string of the molecule is COc1ccc(-c2nc(NC(=O)C3CCNCC3)sc2C)cc1.Cl. The fourth-order valence-electron chi connectivity index (χ4n) is 2.76. The highest BCUT2D eigenvalue weighted by Gasteiger charge is 2.22. The molecule has 130 valence electrons. The Bertz CT molecular complexity index is 682. The number of anilines is 1. The Hall–Kier alpha value is -1.63. The number of halogens is 1. The maximum absolute atomic E-state index is 12.3. The molecule has 3 rings (SSSR count). The van der Waals surface area contributed by atoms with Gasteiger partial charge in [-0.1, -0.05) is 0 Å². The second-order valence-electron chi connectivity index (χ2n) is 5.67. The summed E-state index contributed by atoms with van der Waals surface area (Å²) in [5.41, 5.74) is 1.94. The van der Waals surface area contributed by atoms with Gasteiger partial charge in [-0.2, -0.15) is 0 Å². The van der Waals surface area contributed by atoms with E-state index in [4.69, 9.17) is 4.74 Å². The highest BCUT2D eigenvalue weighted by Crippen LogP contribution is 2.31. The number of nitrogens with one attached hydrogen (secondary N) is 2. The Labute approximate surface area is 152 Å². The lowest BCUT2D eigenvalue weighted by molar-refractivity contribution is -0.120. The van der Waals surface area contributed by atoms with E-state index in [9.17, 15) is 4.79 Å². The van der Waals surface area contributed by atoms with Gasteiger partial charge in [-0.15, -0.1) is 23.7 Å². The summed E-state index contributed by atoms with van der Waals surface area (Å²) in [6.45, 7) is 3.84. The number of benzene rings is 1. The first-order valence-corrected chi connectivity index (χ1v) is 8.62. The minimum atomic E-state index is 0. The van der Waals surface area contributed by atoms with Crippen molar-refractivity contribution >= 4 is 34.8 Å². The lowest BCUT2D eigenvalue weighted by Crippen LogP contribution is -2.34. The van der Waals surface area contributed by atoms with Crippen LogP contribution in [-0.4, -0.2) is 31.1 Å². The zero-order chi connectivity index (χ0) is 16.2. The van der Waals surface area contributed by atoms with Crippen molar-refractivity contribution in [1.29, 1.82) is 0 Å². The third-order valence-electron chi connectivity index (χ3n) is 4.10. The molecule has 1 aromatic carbocycles. The van der Waals surface area contributed by atoms with E-state index in [0.717, 1.165) is 47.8 Å². The molecule has 0 spiro atoms. The van der Waals surface area contributed by atoms with Crippen LogP contribution in [0, 0.1) is 12.8 Å². The summed E-state index contributed by atoms with van der Waals surface area (Å²) in [5.74, 6) is 0.993. The van der Waals surface area contributed by atoms with E-state index in [0.29, 0.717) is 5.13 Å². The molecule has 0 aliphatic carbocycles. The van der Waals surface area contributed by atoms with Crippen LogP contribution in [0.5, 0.6) is 5.75 Å². The van der Waals surface area contributed by atoms with Gasteiger partial charge in [0.25, 0.3) is 0 Å².